The molecule has 19 heavy (non-hydrogen) atoms. The molecule has 0 saturated carbocycles. The summed E-state index contributed by atoms with van der Waals surface area (Å²) in [6, 6.07) is 8.06. The molecule has 0 fully saturated rings. The summed E-state index contributed by atoms with van der Waals surface area (Å²) in [6.45, 7) is 8.48. The van der Waals surface area contributed by atoms with Crippen molar-refractivity contribution in [3.63, 3.8) is 0 Å². The van der Waals surface area contributed by atoms with Gasteiger partial charge in [-0.05, 0) is 24.8 Å². The van der Waals surface area contributed by atoms with E-state index in [4.69, 9.17) is 4.74 Å². The van der Waals surface area contributed by atoms with E-state index in [1.807, 2.05) is 31.2 Å². The minimum atomic E-state index is 0.0766. The minimum Gasteiger partial charge on any atom is -0.381 e. The van der Waals surface area contributed by atoms with E-state index in [1.54, 1.807) is 0 Å². The van der Waals surface area contributed by atoms with E-state index in [0.29, 0.717) is 25.5 Å². The Labute approximate surface area is 116 Å². The molecule has 0 aromatic heterocycles. The van der Waals surface area contributed by atoms with Gasteiger partial charge < -0.3 is 10.1 Å². The number of benzene rings is 1. The summed E-state index contributed by atoms with van der Waals surface area (Å²) in [4.78, 5) is 11.7. The summed E-state index contributed by atoms with van der Waals surface area (Å²) in [7, 11) is 0. The maximum atomic E-state index is 11.7. The van der Waals surface area contributed by atoms with Crippen molar-refractivity contribution in [2.24, 2.45) is 5.92 Å². The fourth-order valence-corrected chi connectivity index (χ4v) is 1.67. The number of carbonyl (C=O) groups is 1. The van der Waals surface area contributed by atoms with E-state index in [2.05, 4.69) is 19.2 Å². The van der Waals surface area contributed by atoms with Gasteiger partial charge in [0.05, 0.1) is 6.42 Å². The molecule has 0 aliphatic rings. The van der Waals surface area contributed by atoms with Gasteiger partial charge in [-0.2, -0.15) is 0 Å². The zero-order valence-corrected chi connectivity index (χ0v) is 12.2. The maximum Gasteiger partial charge on any atom is 0.224 e. The van der Waals surface area contributed by atoms with E-state index >= 15 is 0 Å². The summed E-state index contributed by atoms with van der Waals surface area (Å²) < 4.78 is 5.46. The van der Waals surface area contributed by atoms with Gasteiger partial charge in [-0.15, -0.1) is 0 Å². The molecule has 3 heteroatoms. The second-order valence-electron chi connectivity index (χ2n) is 5.33. The highest BCUT2D eigenvalue weighted by Gasteiger charge is 2.02. The third kappa shape index (κ3) is 7.62. The SMILES string of the molecule is Cc1ccc(CC(=O)NCCCOCC(C)C)cc1. The molecule has 0 bridgehead atoms. The van der Waals surface area contributed by atoms with Crippen molar-refractivity contribution in [3.05, 3.63) is 35.4 Å². The average molecular weight is 263 g/mol. The summed E-state index contributed by atoms with van der Waals surface area (Å²) in [5.74, 6) is 0.642. The van der Waals surface area contributed by atoms with Gasteiger partial charge in [0.15, 0.2) is 0 Å². The molecule has 1 aromatic rings. The molecular weight excluding hydrogens is 238 g/mol. The van der Waals surface area contributed by atoms with E-state index in [-0.39, 0.29) is 5.91 Å². The number of hydrogen-bond donors (Lipinski definition) is 1. The molecule has 1 amide bonds. The summed E-state index contributed by atoms with van der Waals surface area (Å²) in [6.07, 6.45) is 1.32. The lowest BCUT2D eigenvalue weighted by Gasteiger charge is -2.08. The lowest BCUT2D eigenvalue weighted by molar-refractivity contribution is -0.120. The van der Waals surface area contributed by atoms with Crippen molar-refractivity contribution in [3.8, 4) is 0 Å². The Hall–Kier alpha value is -1.35. The van der Waals surface area contributed by atoms with Crippen LogP contribution in [0, 0.1) is 12.8 Å². The Balaban J connectivity index is 2.09. The first-order chi connectivity index (χ1) is 9.08. The molecule has 0 radical (unpaired) electrons. The monoisotopic (exact) mass is 263 g/mol. The predicted octanol–water partition coefficient (Wildman–Crippen LogP) is 2.72. The Bertz CT molecular complexity index is 371. The Morgan fingerprint density at radius 2 is 1.95 bits per heavy atom. The maximum absolute atomic E-state index is 11.7. The lowest BCUT2D eigenvalue weighted by Crippen LogP contribution is -2.26. The minimum absolute atomic E-state index is 0.0766. The van der Waals surface area contributed by atoms with E-state index in [9.17, 15) is 4.79 Å². The zero-order valence-electron chi connectivity index (χ0n) is 12.2. The Morgan fingerprint density at radius 3 is 2.58 bits per heavy atom. The van der Waals surface area contributed by atoms with Crippen molar-refractivity contribution < 1.29 is 9.53 Å². The number of nitrogens with one attached hydrogen (secondary N) is 1. The molecule has 0 aliphatic carbocycles. The molecule has 0 aliphatic heterocycles. The van der Waals surface area contributed by atoms with Gasteiger partial charge in [-0.3, -0.25) is 4.79 Å². The van der Waals surface area contributed by atoms with Crippen LogP contribution in [0.5, 0.6) is 0 Å². The van der Waals surface area contributed by atoms with Crippen LogP contribution < -0.4 is 5.32 Å². The highest BCUT2D eigenvalue weighted by molar-refractivity contribution is 5.78. The molecule has 0 saturated heterocycles. The van der Waals surface area contributed by atoms with Crippen LogP contribution in [0.3, 0.4) is 0 Å². The molecule has 0 unspecified atom stereocenters. The number of aryl methyl sites for hydroxylation is 1. The number of ether oxygens (including phenoxy) is 1. The van der Waals surface area contributed by atoms with Crippen molar-refractivity contribution >= 4 is 5.91 Å². The number of hydrogen-bond acceptors (Lipinski definition) is 2. The zero-order chi connectivity index (χ0) is 14.1. The van der Waals surface area contributed by atoms with Gasteiger partial charge >= 0.3 is 0 Å². The van der Waals surface area contributed by atoms with E-state index in [1.165, 1.54) is 5.56 Å². The summed E-state index contributed by atoms with van der Waals surface area (Å²) >= 11 is 0. The van der Waals surface area contributed by atoms with Gasteiger partial charge in [0, 0.05) is 19.8 Å². The van der Waals surface area contributed by atoms with Gasteiger partial charge in [0.25, 0.3) is 0 Å². The normalized spacial score (nSPS) is 10.7. The molecule has 1 rings (SSSR count). The first-order valence-corrected chi connectivity index (χ1v) is 6.98. The van der Waals surface area contributed by atoms with Crippen LogP contribution in [0.4, 0.5) is 0 Å². The molecule has 1 aromatic carbocycles. The molecule has 1 N–H and O–H groups in total. The van der Waals surface area contributed by atoms with Crippen LogP contribution in [0.1, 0.15) is 31.4 Å². The molecule has 0 heterocycles. The Kier molecular flexibility index (Phi) is 7.19. The molecule has 106 valence electrons. The number of carbonyl (C=O) groups excluding carboxylic acids is 1. The van der Waals surface area contributed by atoms with Crippen molar-refractivity contribution in [1.82, 2.24) is 5.32 Å². The topological polar surface area (TPSA) is 38.3 Å². The summed E-state index contributed by atoms with van der Waals surface area (Å²) in [5, 5.41) is 2.91. The highest BCUT2D eigenvalue weighted by Crippen LogP contribution is 2.03. The van der Waals surface area contributed by atoms with Crippen LogP contribution in [0.15, 0.2) is 24.3 Å². The fraction of sp³-hybridized carbons (Fsp3) is 0.562. The lowest BCUT2D eigenvalue weighted by atomic mass is 10.1. The van der Waals surface area contributed by atoms with Gasteiger partial charge in [-0.1, -0.05) is 43.7 Å². The first kappa shape index (κ1) is 15.7. The van der Waals surface area contributed by atoms with Crippen LogP contribution >= 0.6 is 0 Å². The summed E-state index contributed by atoms with van der Waals surface area (Å²) in [5.41, 5.74) is 2.27. The smallest absolute Gasteiger partial charge is 0.224 e. The standard InChI is InChI=1S/C16H25NO2/c1-13(2)12-19-10-4-9-17-16(18)11-15-7-5-14(3)6-8-15/h5-8,13H,4,9-12H2,1-3H3,(H,17,18). The highest BCUT2D eigenvalue weighted by atomic mass is 16.5. The van der Waals surface area contributed by atoms with Crippen LogP contribution in [0.2, 0.25) is 0 Å². The molecule has 3 nitrogen and oxygen atoms in total. The molecular formula is C16H25NO2. The second kappa shape index (κ2) is 8.70. The average Bonchev–Trinajstić information content (AvgIpc) is 2.36. The predicted molar refractivity (Wildman–Crippen MR) is 78.2 cm³/mol. The number of rotatable bonds is 8. The second-order valence-corrected chi connectivity index (χ2v) is 5.33. The fourth-order valence-electron chi connectivity index (χ4n) is 1.67. The van der Waals surface area contributed by atoms with Gasteiger partial charge in [0.2, 0.25) is 5.91 Å². The largest absolute Gasteiger partial charge is 0.381 e. The van der Waals surface area contributed by atoms with E-state index < -0.39 is 0 Å². The van der Waals surface area contributed by atoms with Gasteiger partial charge in [0.1, 0.15) is 0 Å². The van der Waals surface area contributed by atoms with Crippen LogP contribution in [-0.2, 0) is 16.0 Å². The van der Waals surface area contributed by atoms with Crippen LogP contribution in [-0.4, -0.2) is 25.7 Å². The van der Waals surface area contributed by atoms with Crippen molar-refractivity contribution in [2.45, 2.75) is 33.6 Å². The van der Waals surface area contributed by atoms with Crippen LogP contribution in [0.25, 0.3) is 0 Å². The first-order valence-electron chi connectivity index (χ1n) is 6.98. The van der Waals surface area contributed by atoms with Crippen molar-refractivity contribution in [1.29, 1.82) is 0 Å². The van der Waals surface area contributed by atoms with E-state index in [0.717, 1.165) is 18.6 Å². The quantitative estimate of drug-likeness (QED) is 0.732. The number of amides is 1. The molecule has 0 spiro atoms. The van der Waals surface area contributed by atoms with Gasteiger partial charge in [-0.25, -0.2) is 0 Å². The Morgan fingerprint density at radius 1 is 1.26 bits per heavy atom. The van der Waals surface area contributed by atoms with Crippen molar-refractivity contribution in [2.75, 3.05) is 19.8 Å². The molecule has 0 atom stereocenters. The third-order valence-electron chi connectivity index (χ3n) is 2.72. The third-order valence-corrected chi connectivity index (χ3v) is 2.72.